The average molecular weight is 360 g/mol. The van der Waals surface area contributed by atoms with Crippen molar-refractivity contribution in [2.45, 2.75) is 6.92 Å². The quantitative estimate of drug-likeness (QED) is 0.742. The molecule has 3 rings (SSSR count). The molecule has 0 aliphatic carbocycles. The molecule has 0 saturated carbocycles. The van der Waals surface area contributed by atoms with Crippen LogP contribution in [0.3, 0.4) is 0 Å². The molecule has 0 unspecified atom stereocenters. The molecule has 0 aliphatic rings. The lowest BCUT2D eigenvalue weighted by atomic mass is 9.98. The number of carbonyl (C=O) groups excluding carboxylic acids is 1. The topological polar surface area (TPSA) is 97.2 Å². The maximum absolute atomic E-state index is 14.4. The number of hydrogen-bond donors (Lipinski definition) is 2. The summed E-state index contributed by atoms with van der Waals surface area (Å²) in [5, 5.41) is 18.6. The molecule has 2 aromatic heterocycles. The van der Waals surface area contributed by atoms with Gasteiger partial charge in [-0.25, -0.2) is 4.39 Å². The molecular formula is C16H13FN4O3S. The Morgan fingerprint density at radius 2 is 2.16 bits per heavy atom. The molecule has 1 aromatic carbocycles. The molecule has 3 aromatic rings. The summed E-state index contributed by atoms with van der Waals surface area (Å²) >= 11 is 0.809. The van der Waals surface area contributed by atoms with E-state index in [0.29, 0.717) is 17.0 Å². The van der Waals surface area contributed by atoms with Crippen LogP contribution < -0.4 is 10.1 Å². The highest BCUT2D eigenvalue weighted by Gasteiger charge is 2.21. The second-order valence-electron chi connectivity index (χ2n) is 5.03. The van der Waals surface area contributed by atoms with E-state index in [2.05, 4.69) is 20.5 Å². The average Bonchev–Trinajstić information content (AvgIpc) is 2.99. The van der Waals surface area contributed by atoms with Gasteiger partial charge in [-0.3, -0.25) is 15.1 Å². The van der Waals surface area contributed by atoms with Crippen molar-refractivity contribution in [2.24, 2.45) is 0 Å². The minimum absolute atomic E-state index is 0.120. The third kappa shape index (κ3) is 3.41. The first-order valence-electron chi connectivity index (χ1n) is 7.13. The van der Waals surface area contributed by atoms with E-state index in [1.807, 2.05) is 0 Å². The predicted octanol–water partition coefficient (Wildman–Crippen LogP) is 3.01. The minimum Gasteiger partial charge on any atom is -0.496 e. The van der Waals surface area contributed by atoms with Gasteiger partial charge in [-0.2, -0.15) is 0 Å². The molecule has 128 valence electrons. The predicted molar refractivity (Wildman–Crippen MR) is 90.4 cm³/mol. The van der Waals surface area contributed by atoms with E-state index in [9.17, 15) is 14.3 Å². The van der Waals surface area contributed by atoms with Gasteiger partial charge in [-0.1, -0.05) is 11.2 Å². The number of aromatic nitrogens is 3. The van der Waals surface area contributed by atoms with Crippen molar-refractivity contribution >= 4 is 22.4 Å². The molecule has 0 bridgehead atoms. The van der Waals surface area contributed by atoms with Crippen LogP contribution in [0, 0.1) is 12.7 Å². The van der Waals surface area contributed by atoms with E-state index in [4.69, 9.17) is 4.74 Å². The molecule has 0 aliphatic heterocycles. The first kappa shape index (κ1) is 16.8. The van der Waals surface area contributed by atoms with Crippen molar-refractivity contribution in [3.05, 3.63) is 47.5 Å². The van der Waals surface area contributed by atoms with Gasteiger partial charge in [-0.05, 0) is 36.5 Å². The zero-order valence-corrected chi connectivity index (χ0v) is 14.1. The minimum atomic E-state index is -0.552. The lowest BCUT2D eigenvalue weighted by Gasteiger charge is -2.14. The van der Waals surface area contributed by atoms with Gasteiger partial charge in [0.1, 0.15) is 11.6 Å². The standard InChI is InChI=1S/C16H13FN4O3S/c1-8-6-9(13-11(17)4-3-5-12(13)24-2)10(7-18-8)14(22)19-15-20-21-16(23)25-15/h3-7H,1-2H3,(H,21,23)(H,19,20,22). The monoisotopic (exact) mass is 360 g/mol. The number of rotatable bonds is 4. The van der Waals surface area contributed by atoms with E-state index in [0.717, 1.165) is 11.3 Å². The van der Waals surface area contributed by atoms with Crippen LogP contribution in [0.5, 0.6) is 10.9 Å². The lowest BCUT2D eigenvalue weighted by Crippen LogP contribution is -2.14. The van der Waals surface area contributed by atoms with Crippen molar-refractivity contribution in [3.63, 3.8) is 0 Å². The van der Waals surface area contributed by atoms with Gasteiger partial charge < -0.3 is 9.84 Å². The number of nitrogens with zero attached hydrogens (tertiary/aromatic N) is 3. The fourth-order valence-electron chi connectivity index (χ4n) is 2.31. The summed E-state index contributed by atoms with van der Waals surface area (Å²) in [6, 6.07) is 6.03. The normalized spacial score (nSPS) is 10.5. The van der Waals surface area contributed by atoms with E-state index in [1.165, 1.54) is 25.4 Å². The first-order chi connectivity index (χ1) is 12.0. The zero-order valence-electron chi connectivity index (χ0n) is 13.3. The molecule has 25 heavy (non-hydrogen) atoms. The summed E-state index contributed by atoms with van der Waals surface area (Å²) in [5.74, 6) is -0.773. The zero-order chi connectivity index (χ0) is 18.0. The first-order valence-corrected chi connectivity index (χ1v) is 7.94. The summed E-state index contributed by atoms with van der Waals surface area (Å²) in [4.78, 5) is 16.7. The smallest absolute Gasteiger partial charge is 0.293 e. The number of carbonyl (C=O) groups is 1. The number of benzene rings is 1. The second kappa shape index (κ2) is 6.81. The molecule has 0 atom stereocenters. The number of hydrogen-bond acceptors (Lipinski definition) is 7. The van der Waals surface area contributed by atoms with Crippen LogP contribution >= 0.6 is 11.3 Å². The number of aromatic hydroxyl groups is 1. The molecule has 9 heteroatoms. The maximum Gasteiger partial charge on any atom is 0.293 e. The number of pyridine rings is 1. The van der Waals surface area contributed by atoms with Gasteiger partial charge >= 0.3 is 0 Å². The number of nitrogens with one attached hydrogen (secondary N) is 1. The van der Waals surface area contributed by atoms with Crippen molar-refractivity contribution in [3.8, 4) is 22.1 Å². The summed E-state index contributed by atoms with van der Waals surface area (Å²) in [5.41, 5.74) is 1.27. The molecular weight excluding hydrogens is 347 g/mol. The van der Waals surface area contributed by atoms with Crippen LogP contribution in [0.1, 0.15) is 16.1 Å². The van der Waals surface area contributed by atoms with Crippen LogP contribution in [-0.2, 0) is 0 Å². The van der Waals surface area contributed by atoms with Gasteiger partial charge in [0.2, 0.25) is 5.13 Å². The Hall–Kier alpha value is -3.07. The molecule has 2 heterocycles. The maximum atomic E-state index is 14.4. The summed E-state index contributed by atoms with van der Waals surface area (Å²) in [7, 11) is 1.43. The summed E-state index contributed by atoms with van der Waals surface area (Å²) in [6.45, 7) is 1.74. The van der Waals surface area contributed by atoms with E-state index < -0.39 is 11.7 Å². The number of anilines is 1. The Morgan fingerprint density at radius 3 is 2.84 bits per heavy atom. The molecule has 0 radical (unpaired) electrons. The van der Waals surface area contributed by atoms with Crippen molar-refractivity contribution < 1.29 is 19.0 Å². The molecule has 1 amide bonds. The molecule has 0 spiro atoms. The Balaban J connectivity index is 2.09. The number of aryl methyl sites for hydroxylation is 1. The van der Waals surface area contributed by atoms with Crippen molar-refractivity contribution in [1.82, 2.24) is 15.2 Å². The third-order valence-electron chi connectivity index (χ3n) is 3.38. The third-order valence-corrected chi connectivity index (χ3v) is 4.03. The summed E-state index contributed by atoms with van der Waals surface area (Å²) in [6.07, 6.45) is 1.35. The molecule has 0 saturated heterocycles. The largest absolute Gasteiger partial charge is 0.496 e. The fraction of sp³-hybridized carbons (Fsp3) is 0.125. The van der Waals surface area contributed by atoms with Crippen LogP contribution in [0.2, 0.25) is 0 Å². The van der Waals surface area contributed by atoms with Crippen LogP contribution in [-0.4, -0.2) is 33.3 Å². The van der Waals surface area contributed by atoms with Gasteiger partial charge in [0.05, 0.1) is 18.2 Å². The lowest BCUT2D eigenvalue weighted by molar-refractivity contribution is 0.102. The van der Waals surface area contributed by atoms with Crippen LogP contribution in [0.25, 0.3) is 11.1 Å². The van der Waals surface area contributed by atoms with E-state index in [-0.39, 0.29) is 21.5 Å². The van der Waals surface area contributed by atoms with Gasteiger partial charge in [0.15, 0.2) is 0 Å². The van der Waals surface area contributed by atoms with E-state index in [1.54, 1.807) is 19.1 Å². The Labute approximate surface area is 146 Å². The highest BCUT2D eigenvalue weighted by atomic mass is 32.1. The molecule has 2 N–H and O–H groups in total. The van der Waals surface area contributed by atoms with Crippen molar-refractivity contribution in [1.29, 1.82) is 0 Å². The fourth-order valence-corrected chi connectivity index (χ4v) is 2.79. The summed E-state index contributed by atoms with van der Waals surface area (Å²) < 4.78 is 19.7. The van der Waals surface area contributed by atoms with Crippen LogP contribution in [0.15, 0.2) is 30.5 Å². The molecule has 7 nitrogen and oxygen atoms in total. The SMILES string of the molecule is COc1cccc(F)c1-c1cc(C)ncc1C(=O)Nc1nnc(O)s1. The van der Waals surface area contributed by atoms with Crippen molar-refractivity contribution in [2.75, 3.05) is 12.4 Å². The molecule has 0 fully saturated rings. The number of halogens is 1. The van der Waals surface area contributed by atoms with Crippen LogP contribution in [0.4, 0.5) is 9.52 Å². The van der Waals surface area contributed by atoms with Gasteiger partial charge in [0, 0.05) is 17.5 Å². The number of ether oxygens (including phenoxy) is 1. The highest BCUT2D eigenvalue weighted by Crippen LogP contribution is 2.35. The van der Waals surface area contributed by atoms with Gasteiger partial charge in [-0.15, -0.1) is 5.10 Å². The van der Waals surface area contributed by atoms with Gasteiger partial charge in [0.25, 0.3) is 11.1 Å². The van der Waals surface area contributed by atoms with E-state index >= 15 is 0 Å². The highest BCUT2D eigenvalue weighted by molar-refractivity contribution is 7.17. The Morgan fingerprint density at radius 1 is 1.36 bits per heavy atom. The second-order valence-corrected chi connectivity index (χ2v) is 5.99. The Kier molecular flexibility index (Phi) is 4.57. The Bertz CT molecular complexity index is 945. The number of amides is 1. The number of methoxy groups -OCH3 is 1.